The van der Waals surface area contributed by atoms with Crippen molar-refractivity contribution >= 4 is 39.7 Å². The van der Waals surface area contributed by atoms with E-state index >= 15 is 0 Å². The molecule has 0 aliphatic heterocycles. The average molecular weight is 546 g/mol. The van der Waals surface area contributed by atoms with Gasteiger partial charge in [0.1, 0.15) is 16.4 Å². The van der Waals surface area contributed by atoms with Gasteiger partial charge in [0.05, 0.1) is 5.69 Å². The fourth-order valence-corrected chi connectivity index (χ4v) is 4.27. The smallest absolute Gasteiger partial charge is 0.380 e. The second kappa shape index (κ2) is 9.68. The maximum absolute atomic E-state index is 13.4. The number of ether oxygens (including phenoxy) is 1. The second-order valence-corrected chi connectivity index (χ2v) is 8.35. The number of carbonyl (C=O) groups excluding carboxylic acids is 1. The van der Waals surface area contributed by atoms with E-state index in [9.17, 15) is 13.7 Å². The van der Waals surface area contributed by atoms with E-state index in [1.54, 1.807) is 19.2 Å². The molecule has 0 aliphatic rings. The molecule has 1 unspecified atom stereocenters. The quantitative estimate of drug-likeness (QED) is 0.146. The Morgan fingerprint density at radius 1 is 1.33 bits per heavy atom. The molecule has 0 aliphatic carbocycles. The molecule has 0 spiro atoms. The predicted octanol–water partition coefficient (Wildman–Crippen LogP) is 2.60. The van der Waals surface area contributed by atoms with Crippen molar-refractivity contribution in [1.82, 2.24) is 19.7 Å². The maximum Gasteiger partial charge on any atom is 0.380 e. The van der Waals surface area contributed by atoms with Gasteiger partial charge in [0.25, 0.3) is 0 Å². The van der Waals surface area contributed by atoms with Gasteiger partial charge in [0.15, 0.2) is 4.90 Å². The number of hydrogen-bond donors (Lipinski definition) is 0. The van der Waals surface area contributed by atoms with Crippen LogP contribution in [0.5, 0.6) is 5.88 Å². The summed E-state index contributed by atoms with van der Waals surface area (Å²) in [5, 5.41) is 4.35. The Morgan fingerprint density at radius 2 is 2.10 bits per heavy atom. The van der Waals surface area contributed by atoms with Gasteiger partial charge in [-0.1, -0.05) is 0 Å². The molecule has 0 fully saturated rings. The molecule has 0 saturated heterocycles. The van der Waals surface area contributed by atoms with Crippen LogP contribution < -0.4 is 4.89 Å². The molecule has 0 saturated carbocycles. The number of pyridine rings is 2. The zero-order valence-electron chi connectivity index (χ0n) is 16.1. The molecule has 158 valence electrons. The molecule has 1 atom stereocenters. The summed E-state index contributed by atoms with van der Waals surface area (Å²) in [6.45, 7) is 1.50. The largest absolute Gasteiger partial charge is 0.612 e. The van der Waals surface area contributed by atoms with Crippen LogP contribution in [0.25, 0.3) is 17.1 Å². The molecule has 30 heavy (non-hydrogen) atoms. The van der Waals surface area contributed by atoms with Gasteiger partial charge in [-0.2, -0.15) is 4.39 Å². The van der Waals surface area contributed by atoms with Crippen LogP contribution in [-0.4, -0.2) is 50.2 Å². The number of aryl methyl sites for hydroxylation is 1. The van der Waals surface area contributed by atoms with Gasteiger partial charge in [-0.15, -0.1) is 5.10 Å². The summed E-state index contributed by atoms with van der Waals surface area (Å²) in [6, 6.07) is 4.44. The first kappa shape index (κ1) is 22.4. The van der Waals surface area contributed by atoms with Gasteiger partial charge in [-0.25, -0.2) is 24.3 Å². The van der Waals surface area contributed by atoms with E-state index in [-0.39, 0.29) is 12.5 Å². The van der Waals surface area contributed by atoms with Crippen LogP contribution in [0, 0.1) is 16.4 Å². The number of halogens is 2. The summed E-state index contributed by atoms with van der Waals surface area (Å²) in [5.41, 5.74) is 1.71. The minimum atomic E-state index is -1.38. The lowest BCUT2D eigenvalue weighted by Crippen LogP contribution is -2.14. The molecule has 0 aromatic carbocycles. The normalized spacial score (nSPS) is 11.9. The number of carbonyl (C=O) groups is 1. The van der Waals surface area contributed by atoms with Gasteiger partial charge in [0.2, 0.25) is 11.8 Å². The van der Waals surface area contributed by atoms with Gasteiger partial charge in [-0.05, 0) is 58.9 Å². The number of nitrogens with zero attached hydrogens (tertiary/aromatic N) is 4. The Labute approximate surface area is 187 Å². The SMILES string of the molecule is COCC(=O)OOc1nn(-c2nccc(C)c2[S+](C)[O-])c(-c2ccc(F)nc2)c1I. The van der Waals surface area contributed by atoms with Crippen LogP contribution in [-0.2, 0) is 25.6 Å². The van der Waals surface area contributed by atoms with Crippen LogP contribution in [0.15, 0.2) is 35.5 Å². The standard InChI is InChI=1S/C18H16FIN4O5S/c1-10-6-7-21-17(16(10)30(3)26)24-15(11-4-5-12(19)22-8-11)14(20)18(23-24)29-28-13(25)9-27-2/h4-8H,9H2,1-3H3. The summed E-state index contributed by atoms with van der Waals surface area (Å²) in [4.78, 5) is 29.9. The average Bonchev–Trinajstić information content (AvgIpc) is 3.03. The summed E-state index contributed by atoms with van der Waals surface area (Å²) < 4.78 is 32.3. The maximum atomic E-state index is 13.4. The Bertz CT molecular complexity index is 1060. The van der Waals surface area contributed by atoms with Crippen molar-refractivity contribution in [3.05, 3.63) is 45.7 Å². The van der Waals surface area contributed by atoms with Crippen LogP contribution in [0.4, 0.5) is 4.39 Å². The molecule has 3 rings (SSSR count). The number of aromatic nitrogens is 4. The third kappa shape index (κ3) is 4.71. The highest BCUT2D eigenvalue weighted by Gasteiger charge is 2.27. The van der Waals surface area contributed by atoms with E-state index in [0.29, 0.717) is 25.5 Å². The Kier molecular flexibility index (Phi) is 7.23. The van der Waals surface area contributed by atoms with Gasteiger partial charge in [0, 0.05) is 30.6 Å². The first-order chi connectivity index (χ1) is 14.3. The second-order valence-electron chi connectivity index (χ2n) is 5.96. The molecule has 0 amide bonds. The fraction of sp³-hybridized carbons (Fsp3) is 0.222. The summed E-state index contributed by atoms with van der Waals surface area (Å²) in [5.74, 6) is -1.13. The van der Waals surface area contributed by atoms with Crippen LogP contribution in [0.3, 0.4) is 0 Å². The highest BCUT2D eigenvalue weighted by atomic mass is 127. The van der Waals surface area contributed by atoms with Crippen molar-refractivity contribution in [2.24, 2.45) is 0 Å². The summed E-state index contributed by atoms with van der Waals surface area (Å²) >= 11 is 0.574. The zero-order chi connectivity index (χ0) is 21.8. The minimum absolute atomic E-state index is 0.0319. The highest BCUT2D eigenvalue weighted by molar-refractivity contribution is 14.1. The van der Waals surface area contributed by atoms with Crippen molar-refractivity contribution < 1.29 is 28.2 Å². The molecule has 0 radical (unpaired) electrons. The Balaban J connectivity index is 2.16. The van der Waals surface area contributed by atoms with E-state index in [1.165, 1.54) is 36.4 Å². The van der Waals surface area contributed by atoms with E-state index in [0.717, 1.165) is 5.56 Å². The van der Waals surface area contributed by atoms with Gasteiger partial charge in [-0.3, -0.25) is 4.89 Å². The fourth-order valence-electron chi connectivity index (χ4n) is 2.61. The van der Waals surface area contributed by atoms with E-state index in [2.05, 4.69) is 19.8 Å². The Morgan fingerprint density at radius 3 is 2.73 bits per heavy atom. The van der Waals surface area contributed by atoms with Gasteiger partial charge < -0.3 is 9.29 Å². The summed E-state index contributed by atoms with van der Waals surface area (Å²) in [7, 11) is 1.34. The number of methoxy groups -OCH3 is 1. The number of rotatable bonds is 7. The lowest BCUT2D eigenvalue weighted by Gasteiger charge is -2.13. The van der Waals surface area contributed by atoms with Crippen LogP contribution in [0.1, 0.15) is 5.56 Å². The lowest BCUT2D eigenvalue weighted by atomic mass is 10.2. The van der Waals surface area contributed by atoms with Crippen LogP contribution in [0.2, 0.25) is 0 Å². The van der Waals surface area contributed by atoms with E-state index < -0.39 is 23.1 Å². The molecule has 0 N–H and O–H groups in total. The summed E-state index contributed by atoms with van der Waals surface area (Å²) in [6.07, 6.45) is 4.41. The van der Waals surface area contributed by atoms with Crippen LogP contribution >= 0.6 is 22.6 Å². The van der Waals surface area contributed by atoms with Crippen molar-refractivity contribution in [2.75, 3.05) is 20.0 Å². The topological polar surface area (TPSA) is 111 Å². The first-order valence-corrected chi connectivity index (χ1v) is 11.0. The first-order valence-electron chi connectivity index (χ1n) is 8.39. The molecule has 3 aromatic rings. The van der Waals surface area contributed by atoms with Crippen molar-refractivity contribution in [3.8, 4) is 23.0 Å². The Hall–Kier alpha value is -2.29. The third-order valence-corrected chi connectivity index (χ3v) is 5.90. The molecule has 12 heteroatoms. The molecule has 3 heterocycles. The third-order valence-electron chi connectivity index (χ3n) is 3.85. The van der Waals surface area contributed by atoms with E-state index in [1.807, 2.05) is 22.6 Å². The van der Waals surface area contributed by atoms with Gasteiger partial charge >= 0.3 is 11.8 Å². The minimum Gasteiger partial charge on any atom is -0.612 e. The number of hydrogen-bond acceptors (Lipinski definition) is 8. The predicted molar refractivity (Wildman–Crippen MR) is 113 cm³/mol. The molecule has 3 aromatic heterocycles. The van der Waals surface area contributed by atoms with Crippen molar-refractivity contribution in [1.29, 1.82) is 0 Å². The highest BCUT2D eigenvalue weighted by Crippen LogP contribution is 2.35. The molecular formula is C18H16FIN4O5S. The van der Waals surface area contributed by atoms with Crippen molar-refractivity contribution in [2.45, 2.75) is 11.8 Å². The molecular weight excluding hydrogens is 530 g/mol. The van der Waals surface area contributed by atoms with E-state index in [4.69, 9.17) is 9.78 Å². The van der Waals surface area contributed by atoms with Crippen molar-refractivity contribution in [3.63, 3.8) is 0 Å². The molecule has 9 nitrogen and oxygen atoms in total. The lowest BCUT2D eigenvalue weighted by molar-refractivity contribution is -0.219. The molecule has 0 bridgehead atoms. The zero-order valence-corrected chi connectivity index (χ0v) is 19.1. The monoisotopic (exact) mass is 546 g/mol.